The third-order valence-electron chi connectivity index (χ3n) is 3.41. The van der Waals surface area contributed by atoms with Crippen LogP contribution in [0.25, 0.3) is 0 Å². The van der Waals surface area contributed by atoms with Crippen LogP contribution in [0, 0.1) is 12.7 Å². The summed E-state index contributed by atoms with van der Waals surface area (Å²) in [6, 6.07) is 8.93. The standard InChI is InChI=1S/C17H20ClFN4.HI/c1-12-3-4-14(9-15(12)19)11-23-17(20-2)21-8-7-13-5-6-16(18)22-10-13;/h3-6,9-10H,7-8,11H2,1-2H3,(H2,20,21,23);1H. The van der Waals surface area contributed by atoms with Gasteiger partial charge in [-0.15, -0.1) is 24.0 Å². The molecule has 0 aliphatic heterocycles. The molecule has 2 aromatic rings. The zero-order chi connectivity index (χ0) is 16.7. The van der Waals surface area contributed by atoms with Crippen molar-refractivity contribution in [2.45, 2.75) is 19.9 Å². The maximum Gasteiger partial charge on any atom is 0.191 e. The number of aryl methyl sites for hydroxylation is 1. The summed E-state index contributed by atoms with van der Waals surface area (Å²) in [5.74, 6) is 0.482. The van der Waals surface area contributed by atoms with Gasteiger partial charge in [0.25, 0.3) is 0 Å². The van der Waals surface area contributed by atoms with Crippen LogP contribution in [0.5, 0.6) is 0 Å². The lowest BCUT2D eigenvalue weighted by Crippen LogP contribution is -2.37. The Morgan fingerprint density at radius 1 is 1.21 bits per heavy atom. The van der Waals surface area contributed by atoms with Gasteiger partial charge in [0, 0.05) is 26.3 Å². The van der Waals surface area contributed by atoms with Crippen molar-refractivity contribution in [1.82, 2.24) is 15.6 Å². The number of halogens is 3. The van der Waals surface area contributed by atoms with Crippen LogP contribution in [0.4, 0.5) is 4.39 Å². The monoisotopic (exact) mass is 462 g/mol. The number of pyridine rings is 1. The minimum atomic E-state index is -0.192. The molecular formula is C17H21ClFIN4. The van der Waals surface area contributed by atoms with Crippen LogP contribution in [0.3, 0.4) is 0 Å². The summed E-state index contributed by atoms with van der Waals surface area (Å²) in [6.45, 7) is 2.98. The number of hydrogen-bond acceptors (Lipinski definition) is 2. The molecule has 0 fully saturated rings. The van der Waals surface area contributed by atoms with E-state index in [-0.39, 0.29) is 29.8 Å². The quantitative estimate of drug-likeness (QED) is 0.308. The van der Waals surface area contributed by atoms with Crippen molar-refractivity contribution >= 4 is 41.5 Å². The Balaban J connectivity index is 0.00000288. The average molecular weight is 463 g/mol. The molecule has 1 aromatic carbocycles. The van der Waals surface area contributed by atoms with Crippen molar-refractivity contribution in [1.29, 1.82) is 0 Å². The average Bonchev–Trinajstić information content (AvgIpc) is 2.55. The predicted octanol–water partition coefficient (Wildman–Crippen LogP) is 3.71. The maximum absolute atomic E-state index is 13.5. The van der Waals surface area contributed by atoms with E-state index >= 15 is 0 Å². The van der Waals surface area contributed by atoms with Crippen LogP contribution in [0.15, 0.2) is 41.5 Å². The second-order valence-corrected chi connectivity index (χ2v) is 5.56. The molecule has 0 unspecified atom stereocenters. The second-order valence-electron chi connectivity index (χ2n) is 5.18. The van der Waals surface area contributed by atoms with Gasteiger partial charge in [-0.05, 0) is 42.2 Å². The predicted molar refractivity (Wildman–Crippen MR) is 108 cm³/mol. The normalized spacial score (nSPS) is 10.9. The number of aliphatic imine (C=N–C) groups is 1. The number of aromatic nitrogens is 1. The molecule has 24 heavy (non-hydrogen) atoms. The zero-order valence-electron chi connectivity index (χ0n) is 13.6. The van der Waals surface area contributed by atoms with E-state index in [0.29, 0.717) is 29.8 Å². The molecule has 0 spiro atoms. The summed E-state index contributed by atoms with van der Waals surface area (Å²) >= 11 is 5.76. The van der Waals surface area contributed by atoms with Gasteiger partial charge in [-0.1, -0.05) is 29.8 Å². The third kappa shape index (κ3) is 6.60. The lowest BCUT2D eigenvalue weighted by Gasteiger charge is -2.12. The molecule has 1 heterocycles. The summed E-state index contributed by atoms with van der Waals surface area (Å²) < 4.78 is 13.5. The first kappa shape index (κ1) is 20.6. The second kappa shape index (κ2) is 10.5. The van der Waals surface area contributed by atoms with E-state index in [1.165, 1.54) is 6.07 Å². The molecule has 7 heteroatoms. The zero-order valence-corrected chi connectivity index (χ0v) is 16.7. The number of nitrogens with zero attached hydrogens (tertiary/aromatic N) is 2. The molecule has 2 rings (SSSR count). The Hall–Kier alpha value is -1.41. The molecule has 130 valence electrons. The summed E-state index contributed by atoms with van der Waals surface area (Å²) in [4.78, 5) is 8.20. The number of nitrogens with one attached hydrogen (secondary N) is 2. The summed E-state index contributed by atoms with van der Waals surface area (Å²) in [5.41, 5.74) is 2.61. The van der Waals surface area contributed by atoms with Gasteiger partial charge >= 0.3 is 0 Å². The first-order chi connectivity index (χ1) is 11.1. The molecule has 0 bridgehead atoms. The Morgan fingerprint density at radius 3 is 2.58 bits per heavy atom. The summed E-state index contributed by atoms with van der Waals surface area (Å²) in [5, 5.41) is 6.87. The molecule has 2 N–H and O–H groups in total. The number of guanidine groups is 1. The van der Waals surface area contributed by atoms with E-state index in [0.717, 1.165) is 17.5 Å². The molecule has 4 nitrogen and oxygen atoms in total. The Kier molecular flexibility index (Phi) is 8.99. The topological polar surface area (TPSA) is 49.3 Å². The van der Waals surface area contributed by atoms with Gasteiger partial charge in [-0.2, -0.15) is 0 Å². The first-order valence-corrected chi connectivity index (χ1v) is 7.76. The molecule has 0 saturated heterocycles. The highest BCUT2D eigenvalue weighted by atomic mass is 127. The van der Waals surface area contributed by atoms with Crippen molar-refractivity contribution < 1.29 is 4.39 Å². The van der Waals surface area contributed by atoms with Gasteiger partial charge < -0.3 is 10.6 Å². The van der Waals surface area contributed by atoms with Gasteiger partial charge in [-0.25, -0.2) is 9.37 Å². The van der Waals surface area contributed by atoms with Gasteiger partial charge in [0.05, 0.1) is 0 Å². The highest BCUT2D eigenvalue weighted by Crippen LogP contribution is 2.09. The Morgan fingerprint density at radius 2 is 1.96 bits per heavy atom. The maximum atomic E-state index is 13.5. The number of hydrogen-bond donors (Lipinski definition) is 2. The lowest BCUT2D eigenvalue weighted by atomic mass is 10.1. The van der Waals surface area contributed by atoms with Crippen molar-refractivity contribution in [2.24, 2.45) is 4.99 Å². The van der Waals surface area contributed by atoms with Crippen molar-refractivity contribution in [3.05, 3.63) is 64.2 Å². The SMILES string of the molecule is CN=C(NCCc1ccc(Cl)nc1)NCc1ccc(C)c(F)c1.I. The summed E-state index contributed by atoms with van der Waals surface area (Å²) in [6.07, 6.45) is 2.57. The highest BCUT2D eigenvalue weighted by Gasteiger charge is 2.02. The van der Waals surface area contributed by atoms with Crippen molar-refractivity contribution in [3.8, 4) is 0 Å². The smallest absolute Gasteiger partial charge is 0.191 e. The van der Waals surface area contributed by atoms with Crippen LogP contribution in [-0.2, 0) is 13.0 Å². The fourth-order valence-corrected chi connectivity index (χ4v) is 2.14. The first-order valence-electron chi connectivity index (χ1n) is 7.38. The van der Waals surface area contributed by atoms with Crippen molar-refractivity contribution in [2.75, 3.05) is 13.6 Å². The molecule has 0 atom stereocenters. The van der Waals surface area contributed by atoms with Gasteiger partial charge in [0.15, 0.2) is 5.96 Å². The van der Waals surface area contributed by atoms with Gasteiger partial charge in [-0.3, -0.25) is 4.99 Å². The van der Waals surface area contributed by atoms with E-state index < -0.39 is 0 Å². The molecular weight excluding hydrogens is 442 g/mol. The minimum Gasteiger partial charge on any atom is -0.356 e. The molecule has 0 amide bonds. The van der Waals surface area contributed by atoms with Crippen LogP contribution >= 0.6 is 35.6 Å². The van der Waals surface area contributed by atoms with E-state index in [2.05, 4.69) is 20.6 Å². The summed E-state index contributed by atoms with van der Waals surface area (Å²) in [7, 11) is 1.70. The number of rotatable bonds is 5. The van der Waals surface area contributed by atoms with Crippen LogP contribution < -0.4 is 10.6 Å². The molecule has 1 aromatic heterocycles. The molecule has 0 aliphatic rings. The van der Waals surface area contributed by atoms with Gasteiger partial charge in [0.2, 0.25) is 0 Å². The van der Waals surface area contributed by atoms with E-state index in [1.807, 2.05) is 12.1 Å². The molecule has 0 radical (unpaired) electrons. The fraction of sp³-hybridized carbons (Fsp3) is 0.294. The third-order valence-corrected chi connectivity index (χ3v) is 3.64. The van der Waals surface area contributed by atoms with E-state index in [1.54, 1.807) is 32.3 Å². The van der Waals surface area contributed by atoms with E-state index in [9.17, 15) is 4.39 Å². The van der Waals surface area contributed by atoms with Gasteiger partial charge in [0.1, 0.15) is 11.0 Å². The Labute approximate surface area is 164 Å². The highest BCUT2D eigenvalue weighted by molar-refractivity contribution is 14.0. The van der Waals surface area contributed by atoms with Crippen LogP contribution in [0.1, 0.15) is 16.7 Å². The number of benzene rings is 1. The molecule has 0 aliphatic carbocycles. The molecule has 0 saturated carbocycles. The van der Waals surface area contributed by atoms with Crippen molar-refractivity contribution in [3.63, 3.8) is 0 Å². The largest absolute Gasteiger partial charge is 0.356 e. The van der Waals surface area contributed by atoms with E-state index in [4.69, 9.17) is 11.6 Å². The Bertz CT molecular complexity index is 677. The lowest BCUT2D eigenvalue weighted by molar-refractivity contribution is 0.615. The fourth-order valence-electron chi connectivity index (χ4n) is 2.03. The van der Waals surface area contributed by atoms with Crippen LogP contribution in [0.2, 0.25) is 5.15 Å². The minimum absolute atomic E-state index is 0. The van der Waals surface area contributed by atoms with Crippen LogP contribution in [-0.4, -0.2) is 24.5 Å².